The molecule has 0 aliphatic carbocycles. The van der Waals surface area contributed by atoms with Gasteiger partial charge in [0.25, 0.3) is 5.91 Å². The highest BCUT2D eigenvalue weighted by Gasteiger charge is 2.09. The number of hydrazine groups is 1. The molecule has 0 unspecified atom stereocenters. The predicted molar refractivity (Wildman–Crippen MR) is 57.1 cm³/mol. The zero-order valence-electron chi connectivity index (χ0n) is 8.92. The summed E-state index contributed by atoms with van der Waals surface area (Å²) in [5, 5.41) is 3.42. The van der Waals surface area contributed by atoms with Crippen LogP contribution in [0.1, 0.15) is 13.3 Å². The zero-order chi connectivity index (χ0) is 10.9. The summed E-state index contributed by atoms with van der Waals surface area (Å²) in [6.07, 6.45) is 2.29. The van der Waals surface area contributed by atoms with Gasteiger partial charge in [0.2, 0.25) is 0 Å². The van der Waals surface area contributed by atoms with Crippen LogP contribution in [0.15, 0.2) is 25.8 Å². The second kappa shape index (κ2) is 9.00. The van der Waals surface area contributed by atoms with Gasteiger partial charge in [0.05, 0.1) is 0 Å². The summed E-state index contributed by atoms with van der Waals surface area (Å²) >= 11 is 0. The molecule has 76 valence electrons. The largest absolute Gasteiger partial charge is 0.272 e. The van der Waals surface area contributed by atoms with E-state index < -0.39 is 0 Å². The van der Waals surface area contributed by atoms with E-state index in [1.165, 1.54) is 6.08 Å². The predicted octanol–water partition coefficient (Wildman–Crippen LogP) is 1.69. The van der Waals surface area contributed by atoms with Gasteiger partial charge in [-0.2, -0.15) is 0 Å². The number of carbonyl (C=O) groups is 1. The molecule has 3 nitrogen and oxygen atoms in total. The zero-order valence-corrected chi connectivity index (χ0v) is 8.92. The van der Waals surface area contributed by atoms with Gasteiger partial charge in [-0.05, 0) is 12.5 Å². The molecule has 0 N–H and O–H groups in total. The molecule has 1 amide bonds. The molecule has 3 heteroatoms. The van der Waals surface area contributed by atoms with Crippen LogP contribution in [0.5, 0.6) is 0 Å². The van der Waals surface area contributed by atoms with Crippen molar-refractivity contribution in [3.05, 3.63) is 25.8 Å². The molecule has 0 spiro atoms. The third kappa shape index (κ3) is 6.11. The minimum Gasteiger partial charge on any atom is -0.272 e. The smallest absolute Gasteiger partial charge is 0.260 e. The number of hydrogen-bond acceptors (Lipinski definition) is 2. The van der Waals surface area contributed by atoms with Crippen molar-refractivity contribution >= 4 is 5.91 Å². The van der Waals surface area contributed by atoms with Crippen molar-refractivity contribution in [2.75, 3.05) is 20.6 Å². The van der Waals surface area contributed by atoms with Gasteiger partial charge in [-0.25, -0.2) is 5.01 Å². The van der Waals surface area contributed by atoms with Crippen molar-refractivity contribution in [2.45, 2.75) is 13.3 Å². The Balaban J connectivity index is 0. The van der Waals surface area contributed by atoms with Crippen LogP contribution in [0.2, 0.25) is 0 Å². The summed E-state index contributed by atoms with van der Waals surface area (Å²) < 4.78 is 0. The van der Waals surface area contributed by atoms with Gasteiger partial charge in [-0.3, -0.25) is 9.80 Å². The van der Waals surface area contributed by atoms with Gasteiger partial charge in [-0.1, -0.05) is 13.5 Å². The van der Waals surface area contributed by atoms with Crippen molar-refractivity contribution in [3.8, 4) is 0 Å². The molecule has 0 rings (SSSR count). The Kier molecular flexibility index (Phi) is 10.00. The van der Waals surface area contributed by atoms with E-state index in [-0.39, 0.29) is 5.91 Å². The van der Waals surface area contributed by atoms with Crippen molar-refractivity contribution in [1.29, 1.82) is 0 Å². The third-order valence-electron chi connectivity index (χ3n) is 1.35. The van der Waals surface area contributed by atoms with Crippen LogP contribution in [0, 0.1) is 0 Å². The van der Waals surface area contributed by atoms with Gasteiger partial charge >= 0.3 is 0 Å². The van der Waals surface area contributed by atoms with E-state index in [0.29, 0.717) is 0 Å². The van der Waals surface area contributed by atoms with Gasteiger partial charge in [-0.15, -0.1) is 13.2 Å². The Bertz CT molecular complexity index is 155. The van der Waals surface area contributed by atoms with E-state index >= 15 is 0 Å². The first-order valence-electron chi connectivity index (χ1n) is 4.24. The van der Waals surface area contributed by atoms with Crippen LogP contribution in [-0.2, 0) is 4.79 Å². The molecule has 0 saturated carbocycles. The van der Waals surface area contributed by atoms with Crippen molar-refractivity contribution in [2.24, 2.45) is 0 Å². The number of nitrogens with zero attached hydrogens (tertiary/aromatic N) is 2. The SMILES string of the molecule is C=C.C=CC(=O)N(CCC)N(C)C. The highest BCUT2D eigenvalue weighted by Crippen LogP contribution is 1.95. The Labute approximate surface area is 81.3 Å². The number of hydrogen-bond donors (Lipinski definition) is 0. The fraction of sp³-hybridized carbons (Fsp3) is 0.500. The lowest BCUT2D eigenvalue weighted by atomic mass is 10.4. The highest BCUT2D eigenvalue weighted by molar-refractivity contribution is 5.86. The Morgan fingerprint density at radius 2 is 1.85 bits per heavy atom. The van der Waals surface area contributed by atoms with Gasteiger partial charge in [0.15, 0.2) is 0 Å². The van der Waals surface area contributed by atoms with Crippen LogP contribution < -0.4 is 0 Å². The lowest BCUT2D eigenvalue weighted by Crippen LogP contribution is -2.41. The average Bonchev–Trinajstić information content (AvgIpc) is 2.15. The lowest BCUT2D eigenvalue weighted by Gasteiger charge is -2.27. The molecule has 0 bridgehead atoms. The Morgan fingerprint density at radius 1 is 1.38 bits per heavy atom. The van der Waals surface area contributed by atoms with E-state index in [2.05, 4.69) is 19.7 Å². The number of rotatable bonds is 4. The molecule has 0 radical (unpaired) electrons. The number of carbonyl (C=O) groups excluding carboxylic acids is 1. The highest BCUT2D eigenvalue weighted by atomic mass is 16.2. The standard InChI is InChI=1S/C8H16N2O.C2H4/c1-5-7-10(9(3)4)8(11)6-2;1-2/h6H,2,5,7H2,1,3-4H3;1-2H2. The maximum Gasteiger partial charge on any atom is 0.260 e. The molecule has 0 fully saturated rings. The van der Waals surface area contributed by atoms with E-state index in [4.69, 9.17) is 0 Å². The van der Waals surface area contributed by atoms with Crippen LogP contribution >= 0.6 is 0 Å². The molecule has 0 aromatic rings. The van der Waals surface area contributed by atoms with E-state index in [1.54, 1.807) is 10.0 Å². The topological polar surface area (TPSA) is 23.6 Å². The van der Waals surface area contributed by atoms with E-state index in [0.717, 1.165) is 13.0 Å². The summed E-state index contributed by atoms with van der Waals surface area (Å²) in [6.45, 7) is 12.2. The Hall–Kier alpha value is -1.09. The van der Waals surface area contributed by atoms with Crippen LogP contribution in [0.3, 0.4) is 0 Å². The minimum absolute atomic E-state index is 0.0446. The van der Waals surface area contributed by atoms with Crippen LogP contribution in [-0.4, -0.2) is 36.6 Å². The fourth-order valence-electron chi connectivity index (χ4n) is 0.824. The molecule has 0 heterocycles. The lowest BCUT2D eigenvalue weighted by molar-refractivity contribution is -0.138. The second-order valence-corrected chi connectivity index (χ2v) is 2.51. The van der Waals surface area contributed by atoms with Crippen LogP contribution in [0.25, 0.3) is 0 Å². The molecular formula is C10H20N2O. The van der Waals surface area contributed by atoms with Gasteiger partial charge < -0.3 is 0 Å². The summed E-state index contributed by atoms with van der Waals surface area (Å²) in [6, 6.07) is 0. The minimum atomic E-state index is -0.0446. The molecule has 0 atom stereocenters. The molecule has 0 aliphatic heterocycles. The van der Waals surface area contributed by atoms with Crippen molar-refractivity contribution < 1.29 is 4.79 Å². The monoisotopic (exact) mass is 184 g/mol. The average molecular weight is 184 g/mol. The summed E-state index contributed by atoms with van der Waals surface area (Å²) in [5.41, 5.74) is 0. The first-order chi connectivity index (χ1) is 6.13. The Morgan fingerprint density at radius 3 is 2.08 bits per heavy atom. The first-order valence-corrected chi connectivity index (χ1v) is 4.24. The third-order valence-corrected chi connectivity index (χ3v) is 1.35. The van der Waals surface area contributed by atoms with Gasteiger partial charge in [0.1, 0.15) is 0 Å². The maximum atomic E-state index is 11.1. The first kappa shape index (κ1) is 14.4. The van der Waals surface area contributed by atoms with E-state index in [1.807, 2.05) is 21.0 Å². The fourth-order valence-corrected chi connectivity index (χ4v) is 0.824. The summed E-state index contributed by atoms with van der Waals surface area (Å²) in [7, 11) is 3.69. The van der Waals surface area contributed by atoms with E-state index in [9.17, 15) is 4.79 Å². The quantitative estimate of drug-likeness (QED) is 0.377. The molecule has 13 heavy (non-hydrogen) atoms. The van der Waals surface area contributed by atoms with Crippen molar-refractivity contribution in [3.63, 3.8) is 0 Å². The molecule has 0 aromatic heterocycles. The normalized spacial score (nSPS) is 8.62. The maximum absolute atomic E-state index is 11.1. The molecule has 0 aromatic carbocycles. The van der Waals surface area contributed by atoms with Gasteiger partial charge in [0, 0.05) is 20.6 Å². The molecule has 0 aliphatic rings. The number of amides is 1. The summed E-state index contributed by atoms with van der Waals surface area (Å²) in [5.74, 6) is -0.0446. The second-order valence-electron chi connectivity index (χ2n) is 2.51. The molecule has 0 saturated heterocycles. The molecular weight excluding hydrogens is 164 g/mol. The van der Waals surface area contributed by atoms with Crippen LogP contribution in [0.4, 0.5) is 0 Å². The summed E-state index contributed by atoms with van der Waals surface area (Å²) in [4.78, 5) is 11.1. The van der Waals surface area contributed by atoms with Crippen molar-refractivity contribution in [1.82, 2.24) is 10.0 Å².